The molecule has 0 saturated carbocycles. The molecule has 3 heterocycles. The molecule has 6 heteroatoms. The summed E-state index contributed by atoms with van der Waals surface area (Å²) in [6, 6.07) is 7.99. The molecular formula is C21H28N4O2. The van der Waals surface area contributed by atoms with Crippen molar-refractivity contribution in [3.05, 3.63) is 41.9 Å². The molecule has 2 aromatic heterocycles. The van der Waals surface area contributed by atoms with E-state index in [0.29, 0.717) is 0 Å². The summed E-state index contributed by atoms with van der Waals surface area (Å²) in [5, 5.41) is 0. The summed E-state index contributed by atoms with van der Waals surface area (Å²) in [5.74, 6) is 1.74. The van der Waals surface area contributed by atoms with Gasteiger partial charge in [-0.3, -0.25) is 4.40 Å². The van der Waals surface area contributed by atoms with E-state index in [0.717, 1.165) is 66.2 Å². The van der Waals surface area contributed by atoms with Crippen molar-refractivity contribution >= 4 is 11.5 Å². The van der Waals surface area contributed by atoms with Gasteiger partial charge in [0.1, 0.15) is 5.75 Å². The van der Waals surface area contributed by atoms with Crippen LogP contribution in [0.15, 0.2) is 30.5 Å². The predicted molar refractivity (Wildman–Crippen MR) is 109 cm³/mol. The lowest BCUT2D eigenvalue weighted by Gasteiger charge is -2.28. The highest BCUT2D eigenvalue weighted by Crippen LogP contribution is 2.28. The molecule has 3 aromatic rings. The van der Waals surface area contributed by atoms with E-state index in [1.807, 2.05) is 39.0 Å². The van der Waals surface area contributed by atoms with Crippen LogP contribution in [0, 0.1) is 13.8 Å². The zero-order valence-corrected chi connectivity index (χ0v) is 16.8. The van der Waals surface area contributed by atoms with E-state index < -0.39 is 0 Å². The molecule has 6 nitrogen and oxygen atoms in total. The molecule has 1 aliphatic heterocycles. The monoisotopic (exact) mass is 368 g/mol. The minimum atomic E-state index is 0.718. The SMILES string of the molecule is CC.COc1cccc(-c2cn3c(C)c(C)nc3c(N3CCOCC3)n2)c1. The van der Waals surface area contributed by atoms with E-state index in [1.165, 1.54) is 0 Å². The molecule has 0 spiro atoms. The van der Waals surface area contributed by atoms with Crippen molar-refractivity contribution < 1.29 is 9.47 Å². The molecule has 0 atom stereocenters. The fraction of sp³-hybridized carbons (Fsp3) is 0.429. The first-order chi connectivity index (χ1) is 13.2. The van der Waals surface area contributed by atoms with Crippen molar-refractivity contribution in [2.24, 2.45) is 0 Å². The number of hydrogen-bond acceptors (Lipinski definition) is 5. The second kappa shape index (κ2) is 8.39. The second-order valence-corrected chi connectivity index (χ2v) is 6.26. The number of benzene rings is 1. The zero-order valence-electron chi connectivity index (χ0n) is 16.8. The minimum absolute atomic E-state index is 0.718. The largest absolute Gasteiger partial charge is 0.497 e. The molecule has 1 aromatic carbocycles. The highest BCUT2D eigenvalue weighted by molar-refractivity contribution is 5.72. The van der Waals surface area contributed by atoms with Crippen molar-refractivity contribution in [1.29, 1.82) is 0 Å². The van der Waals surface area contributed by atoms with Gasteiger partial charge in [0.2, 0.25) is 0 Å². The number of fused-ring (bicyclic) bond motifs is 1. The van der Waals surface area contributed by atoms with Crippen LogP contribution in [0.4, 0.5) is 5.82 Å². The van der Waals surface area contributed by atoms with E-state index in [9.17, 15) is 0 Å². The fourth-order valence-electron chi connectivity index (χ4n) is 3.17. The number of ether oxygens (including phenoxy) is 2. The zero-order chi connectivity index (χ0) is 19.4. The lowest BCUT2D eigenvalue weighted by molar-refractivity contribution is 0.122. The van der Waals surface area contributed by atoms with Crippen molar-refractivity contribution in [3.8, 4) is 17.0 Å². The molecule has 0 N–H and O–H groups in total. The van der Waals surface area contributed by atoms with Crippen molar-refractivity contribution in [2.45, 2.75) is 27.7 Å². The van der Waals surface area contributed by atoms with E-state index in [-0.39, 0.29) is 0 Å². The first-order valence-electron chi connectivity index (χ1n) is 9.51. The number of aromatic nitrogens is 3. The summed E-state index contributed by atoms with van der Waals surface area (Å²) in [6.07, 6.45) is 2.06. The Labute approximate surface area is 160 Å². The smallest absolute Gasteiger partial charge is 0.180 e. The van der Waals surface area contributed by atoms with Gasteiger partial charge in [0.25, 0.3) is 0 Å². The standard InChI is InChI=1S/C19H22N4O2.C2H6/c1-13-14(2)23-12-17(15-5-4-6-16(11-15)24-3)21-18(19(23)20-13)22-7-9-25-10-8-22;1-2/h4-6,11-12H,7-10H2,1-3H3;1-2H3. The summed E-state index contributed by atoms with van der Waals surface area (Å²) >= 11 is 0. The van der Waals surface area contributed by atoms with Crippen LogP contribution < -0.4 is 9.64 Å². The Morgan fingerprint density at radius 3 is 2.52 bits per heavy atom. The van der Waals surface area contributed by atoms with E-state index in [2.05, 4.69) is 28.5 Å². The van der Waals surface area contributed by atoms with E-state index >= 15 is 0 Å². The van der Waals surface area contributed by atoms with Gasteiger partial charge in [-0.15, -0.1) is 0 Å². The highest BCUT2D eigenvalue weighted by atomic mass is 16.5. The third-order valence-corrected chi connectivity index (χ3v) is 4.74. The van der Waals surface area contributed by atoms with Gasteiger partial charge in [0.05, 0.1) is 31.7 Å². The maximum Gasteiger partial charge on any atom is 0.180 e. The quantitative estimate of drug-likeness (QED) is 0.702. The molecule has 1 fully saturated rings. The Morgan fingerprint density at radius 2 is 1.81 bits per heavy atom. The Balaban J connectivity index is 0.00000102. The molecule has 0 radical (unpaired) electrons. The van der Waals surface area contributed by atoms with Gasteiger partial charge < -0.3 is 14.4 Å². The maximum atomic E-state index is 5.49. The molecule has 1 saturated heterocycles. The van der Waals surface area contributed by atoms with Crippen LogP contribution in [-0.2, 0) is 4.74 Å². The summed E-state index contributed by atoms with van der Waals surface area (Å²) in [4.78, 5) is 12.0. The minimum Gasteiger partial charge on any atom is -0.497 e. The maximum absolute atomic E-state index is 5.49. The number of rotatable bonds is 3. The Morgan fingerprint density at radius 1 is 1.07 bits per heavy atom. The van der Waals surface area contributed by atoms with Crippen molar-refractivity contribution in [1.82, 2.24) is 14.4 Å². The molecule has 0 bridgehead atoms. The van der Waals surface area contributed by atoms with Gasteiger partial charge in [-0.2, -0.15) is 0 Å². The van der Waals surface area contributed by atoms with Gasteiger partial charge in [0, 0.05) is 30.5 Å². The van der Waals surface area contributed by atoms with Crippen LogP contribution in [0.2, 0.25) is 0 Å². The Kier molecular flexibility index (Phi) is 5.96. The molecule has 144 valence electrons. The van der Waals surface area contributed by atoms with Gasteiger partial charge >= 0.3 is 0 Å². The average molecular weight is 368 g/mol. The summed E-state index contributed by atoms with van der Waals surface area (Å²) in [7, 11) is 1.68. The number of hydrogen-bond donors (Lipinski definition) is 0. The summed E-state index contributed by atoms with van der Waals surface area (Å²) in [6.45, 7) is 11.2. The van der Waals surface area contributed by atoms with Crippen LogP contribution in [0.5, 0.6) is 5.75 Å². The van der Waals surface area contributed by atoms with Gasteiger partial charge in [0.15, 0.2) is 11.5 Å². The number of aryl methyl sites for hydroxylation is 2. The van der Waals surface area contributed by atoms with Crippen molar-refractivity contribution in [2.75, 3.05) is 38.3 Å². The van der Waals surface area contributed by atoms with Crippen molar-refractivity contribution in [3.63, 3.8) is 0 Å². The molecule has 4 rings (SSSR count). The number of anilines is 1. The normalized spacial score (nSPS) is 14.0. The van der Waals surface area contributed by atoms with Gasteiger partial charge in [-0.05, 0) is 26.0 Å². The lowest BCUT2D eigenvalue weighted by Crippen LogP contribution is -2.37. The fourth-order valence-corrected chi connectivity index (χ4v) is 3.17. The van der Waals surface area contributed by atoms with Gasteiger partial charge in [-0.25, -0.2) is 9.97 Å². The molecule has 1 aliphatic rings. The second-order valence-electron chi connectivity index (χ2n) is 6.26. The van der Waals surface area contributed by atoms with Crippen LogP contribution in [-0.4, -0.2) is 47.8 Å². The summed E-state index contributed by atoms with van der Waals surface area (Å²) < 4.78 is 13.0. The number of imidazole rings is 1. The molecule has 0 unspecified atom stereocenters. The van der Waals surface area contributed by atoms with Gasteiger partial charge in [-0.1, -0.05) is 26.0 Å². The third kappa shape index (κ3) is 3.76. The molecule has 0 aliphatic carbocycles. The first kappa shape index (κ1) is 19.2. The lowest BCUT2D eigenvalue weighted by atomic mass is 10.1. The topological polar surface area (TPSA) is 51.9 Å². The van der Waals surface area contributed by atoms with Crippen LogP contribution in [0.25, 0.3) is 16.9 Å². The Hall–Kier alpha value is -2.60. The van der Waals surface area contributed by atoms with Crippen LogP contribution in [0.1, 0.15) is 25.2 Å². The van der Waals surface area contributed by atoms with E-state index in [1.54, 1.807) is 7.11 Å². The number of morpholine rings is 1. The van der Waals surface area contributed by atoms with Crippen LogP contribution >= 0.6 is 0 Å². The molecule has 0 amide bonds. The summed E-state index contributed by atoms with van der Waals surface area (Å²) in [5.41, 5.74) is 5.01. The van der Waals surface area contributed by atoms with Crippen LogP contribution in [0.3, 0.4) is 0 Å². The predicted octanol–water partition coefficient (Wildman–Crippen LogP) is 3.88. The average Bonchev–Trinajstić information content (AvgIpc) is 3.03. The molecule has 27 heavy (non-hydrogen) atoms. The first-order valence-corrected chi connectivity index (χ1v) is 9.51. The highest BCUT2D eigenvalue weighted by Gasteiger charge is 2.20. The Bertz CT molecular complexity index is 914. The number of methoxy groups -OCH3 is 1. The number of nitrogens with zero attached hydrogens (tertiary/aromatic N) is 4. The van der Waals surface area contributed by atoms with E-state index in [4.69, 9.17) is 19.4 Å². The molecular weight excluding hydrogens is 340 g/mol. The third-order valence-electron chi connectivity index (χ3n) is 4.74.